The van der Waals surface area contributed by atoms with E-state index in [2.05, 4.69) is 15.3 Å². The molecule has 16 heavy (non-hydrogen) atoms. The largest absolute Gasteiger partial charge is 0.392 e. The lowest BCUT2D eigenvalue weighted by Crippen LogP contribution is -2.03. The molecule has 0 atom stereocenters. The summed E-state index contributed by atoms with van der Waals surface area (Å²) in [5.74, 6) is 0. The molecule has 4 heteroatoms. The van der Waals surface area contributed by atoms with Gasteiger partial charge in [-0.15, -0.1) is 0 Å². The molecule has 1 heterocycles. The van der Waals surface area contributed by atoms with E-state index in [9.17, 15) is 0 Å². The summed E-state index contributed by atoms with van der Waals surface area (Å²) in [5, 5.41) is 12.4. The first-order valence-corrected chi connectivity index (χ1v) is 5.07. The van der Waals surface area contributed by atoms with Gasteiger partial charge in [0.25, 0.3) is 0 Å². The molecule has 0 aliphatic carbocycles. The van der Waals surface area contributed by atoms with Gasteiger partial charge in [-0.3, -0.25) is 0 Å². The highest BCUT2D eigenvalue weighted by atomic mass is 16.3. The molecule has 0 bridgehead atoms. The normalized spacial score (nSPS) is 10.1. The van der Waals surface area contributed by atoms with Gasteiger partial charge in [-0.25, -0.2) is 9.97 Å². The third-order valence-corrected chi connectivity index (χ3v) is 2.29. The Morgan fingerprint density at radius 3 is 2.81 bits per heavy atom. The second kappa shape index (κ2) is 5.23. The molecule has 0 amide bonds. The zero-order chi connectivity index (χ0) is 11.2. The minimum atomic E-state index is 0.0347. The van der Waals surface area contributed by atoms with Crippen molar-refractivity contribution in [1.82, 2.24) is 9.97 Å². The van der Waals surface area contributed by atoms with Crippen LogP contribution in [0.1, 0.15) is 11.3 Å². The molecule has 0 aliphatic rings. The van der Waals surface area contributed by atoms with Crippen molar-refractivity contribution in [3.63, 3.8) is 0 Å². The van der Waals surface area contributed by atoms with Crippen LogP contribution in [-0.4, -0.2) is 15.1 Å². The minimum Gasteiger partial charge on any atom is -0.392 e. The Bertz CT molecular complexity index is 445. The summed E-state index contributed by atoms with van der Waals surface area (Å²) < 4.78 is 0. The molecular formula is C12H13N3O. The molecule has 0 aliphatic heterocycles. The van der Waals surface area contributed by atoms with Crippen LogP contribution in [0.2, 0.25) is 0 Å². The van der Waals surface area contributed by atoms with Gasteiger partial charge in [0.05, 0.1) is 18.8 Å². The molecule has 2 N–H and O–H groups in total. The van der Waals surface area contributed by atoms with Crippen LogP contribution in [-0.2, 0) is 13.2 Å². The van der Waals surface area contributed by atoms with Crippen LogP contribution in [0.5, 0.6) is 0 Å². The lowest BCUT2D eigenvalue weighted by molar-refractivity contribution is 0.282. The lowest BCUT2D eigenvalue weighted by Gasteiger charge is -2.09. The standard InChI is InChI=1S/C12H13N3O/c16-8-10-3-1-2-4-12(10)14-7-11-5-6-13-9-15-11/h1-6,9,14,16H,7-8H2. The van der Waals surface area contributed by atoms with Crippen molar-refractivity contribution in [2.24, 2.45) is 0 Å². The molecule has 2 aromatic rings. The Kier molecular flexibility index (Phi) is 3.46. The van der Waals surface area contributed by atoms with Crippen LogP contribution in [0, 0.1) is 0 Å². The van der Waals surface area contributed by atoms with Crippen LogP contribution < -0.4 is 5.32 Å². The van der Waals surface area contributed by atoms with Gasteiger partial charge in [-0.05, 0) is 12.1 Å². The molecule has 2 rings (SSSR count). The van der Waals surface area contributed by atoms with E-state index in [0.717, 1.165) is 16.9 Å². The summed E-state index contributed by atoms with van der Waals surface area (Å²) in [5.41, 5.74) is 2.74. The van der Waals surface area contributed by atoms with Gasteiger partial charge in [0.1, 0.15) is 6.33 Å². The molecule has 0 radical (unpaired) electrons. The second-order valence-electron chi connectivity index (χ2n) is 3.37. The number of nitrogens with zero attached hydrogens (tertiary/aromatic N) is 2. The highest BCUT2D eigenvalue weighted by Gasteiger charge is 1.99. The Morgan fingerprint density at radius 2 is 2.06 bits per heavy atom. The second-order valence-corrected chi connectivity index (χ2v) is 3.37. The first kappa shape index (κ1) is 10.6. The third kappa shape index (κ3) is 2.55. The topological polar surface area (TPSA) is 58.0 Å². The average Bonchev–Trinajstić information content (AvgIpc) is 2.38. The summed E-state index contributed by atoms with van der Waals surface area (Å²) in [6, 6.07) is 9.52. The molecule has 0 unspecified atom stereocenters. The van der Waals surface area contributed by atoms with Gasteiger partial charge in [0, 0.05) is 17.4 Å². The van der Waals surface area contributed by atoms with E-state index >= 15 is 0 Å². The molecule has 4 nitrogen and oxygen atoms in total. The fourth-order valence-corrected chi connectivity index (χ4v) is 1.44. The summed E-state index contributed by atoms with van der Waals surface area (Å²) in [4.78, 5) is 7.97. The molecule has 1 aromatic heterocycles. The SMILES string of the molecule is OCc1ccccc1NCc1ccncn1. The maximum atomic E-state index is 9.15. The number of aliphatic hydroxyl groups excluding tert-OH is 1. The smallest absolute Gasteiger partial charge is 0.115 e. The zero-order valence-corrected chi connectivity index (χ0v) is 8.80. The predicted octanol–water partition coefficient (Wildman–Crippen LogP) is 1.58. The van der Waals surface area contributed by atoms with Crippen LogP contribution in [0.25, 0.3) is 0 Å². The van der Waals surface area contributed by atoms with E-state index in [1.54, 1.807) is 6.20 Å². The number of hydrogen-bond acceptors (Lipinski definition) is 4. The number of aromatic nitrogens is 2. The van der Waals surface area contributed by atoms with Crippen molar-refractivity contribution in [3.8, 4) is 0 Å². The third-order valence-electron chi connectivity index (χ3n) is 2.29. The zero-order valence-electron chi connectivity index (χ0n) is 8.80. The molecule has 0 spiro atoms. The Balaban J connectivity index is 2.05. The van der Waals surface area contributed by atoms with E-state index in [1.807, 2.05) is 30.3 Å². The molecule has 1 aromatic carbocycles. The summed E-state index contributed by atoms with van der Waals surface area (Å²) in [6.45, 7) is 0.659. The van der Waals surface area contributed by atoms with Crippen LogP contribution >= 0.6 is 0 Å². The van der Waals surface area contributed by atoms with E-state index in [1.165, 1.54) is 6.33 Å². The van der Waals surface area contributed by atoms with Crippen molar-refractivity contribution < 1.29 is 5.11 Å². The fourth-order valence-electron chi connectivity index (χ4n) is 1.44. The number of aliphatic hydroxyl groups is 1. The van der Waals surface area contributed by atoms with Crippen molar-refractivity contribution in [2.75, 3.05) is 5.32 Å². The number of hydrogen-bond donors (Lipinski definition) is 2. The first-order valence-electron chi connectivity index (χ1n) is 5.07. The number of anilines is 1. The highest BCUT2D eigenvalue weighted by molar-refractivity contribution is 5.50. The number of para-hydroxylation sites is 1. The van der Waals surface area contributed by atoms with Crippen LogP contribution in [0.15, 0.2) is 42.9 Å². The Labute approximate surface area is 94.0 Å². The summed E-state index contributed by atoms with van der Waals surface area (Å²) >= 11 is 0. The van der Waals surface area contributed by atoms with Crippen molar-refractivity contribution in [3.05, 3.63) is 54.1 Å². The van der Waals surface area contributed by atoms with Crippen LogP contribution in [0.3, 0.4) is 0 Å². The Morgan fingerprint density at radius 1 is 1.19 bits per heavy atom. The average molecular weight is 215 g/mol. The van der Waals surface area contributed by atoms with Gasteiger partial charge in [0.2, 0.25) is 0 Å². The minimum absolute atomic E-state index is 0.0347. The fraction of sp³-hybridized carbons (Fsp3) is 0.167. The van der Waals surface area contributed by atoms with Crippen molar-refractivity contribution >= 4 is 5.69 Å². The summed E-state index contributed by atoms with van der Waals surface area (Å²) in [6.07, 6.45) is 3.23. The van der Waals surface area contributed by atoms with E-state index < -0.39 is 0 Å². The van der Waals surface area contributed by atoms with Crippen molar-refractivity contribution in [1.29, 1.82) is 0 Å². The van der Waals surface area contributed by atoms with E-state index in [-0.39, 0.29) is 6.61 Å². The molecule has 82 valence electrons. The van der Waals surface area contributed by atoms with Gasteiger partial charge in [-0.2, -0.15) is 0 Å². The van der Waals surface area contributed by atoms with E-state index in [4.69, 9.17) is 5.11 Å². The first-order chi connectivity index (χ1) is 7.90. The lowest BCUT2D eigenvalue weighted by atomic mass is 10.2. The Hall–Kier alpha value is -1.94. The molecule has 0 saturated carbocycles. The van der Waals surface area contributed by atoms with E-state index in [0.29, 0.717) is 6.54 Å². The van der Waals surface area contributed by atoms with Crippen molar-refractivity contribution in [2.45, 2.75) is 13.2 Å². The van der Waals surface area contributed by atoms with Gasteiger partial charge < -0.3 is 10.4 Å². The van der Waals surface area contributed by atoms with Gasteiger partial charge in [-0.1, -0.05) is 18.2 Å². The summed E-state index contributed by atoms with van der Waals surface area (Å²) in [7, 11) is 0. The maximum Gasteiger partial charge on any atom is 0.115 e. The van der Waals surface area contributed by atoms with Gasteiger partial charge >= 0.3 is 0 Å². The van der Waals surface area contributed by atoms with Crippen LogP contribution in [0.4, 0.5) is 5.69 Å². The molecule has 0 fully saturated rings. The maximum absolute atomic E-state index is 9.15. The quantitative estimate of drug-likeness (QED) is 0.813. The monoisotopic (exact) mass is 215 g/mol. The van der Waals surface area contributed by atoms with Gasteiger partial charge in [0.15, 0.2) is 0 Å². The molecule has 0 saturated heterocycles. The highest BCUT2D eigenvalue weighted by Crippen LogP contribution is 2.15. The molecular weight excluding hydrogens is 202 g/mol. The number of nitrogens with one attached hydrogen (secondary N) is 1. The number of rotatable bonds is 4. The number of benzene rings is 1. The predicted molar refractivity (Wildman–Crippen MR) is 61.7 cm³/mol.